The lowest BCUT2D eigenvalue weighted by atomic mass is 10.0. The number of methoxy groups -OCH3 is 2. The summed E-state index contributed by atoms with van der Waals surface area (Å²) in [6.07, 6.45) is 1.67. The van der Waals surface area contributed by atoms with E-state index in [1.807, 2.05) is 12.1 Å². The van der Waals surface area contributed by atoms with E-state index in [-0.39, 0.29) is 5.56 Å². The quantitative estimate of drug-likeness (QED) is 0.523. The first-order chi connectivity index (χ1) is 13.5. The van der Waals surface area contributed by atoms with Crippen molar-refractivity contribution in [3.63, 3.8) is 0 Å². The first-order valence-electron chi connectivity index (χ1n) is 8.46. The maximum atomic E-state index is 11.3. The van der Waals surface area contributed by atoms with Crippen molar-refractivity contribution < 1.29 is 19.4 Å². The van der Waals surface area contributed by atoms with Gasteiger partial charge in [0.1, 0.15) is 5.82 Å². The fourth-order valence-corrected chi connectivity index (χ4v) is 3.22. The highest BCUT2D eigenvalue weighted by Crippen LogP contribution is 2.36. The van der Waals surface area contributed by atoms with Gasteiger partial charge in [-0.2, -0.15) is 0 Å². The molecule has 2 aromatic carbocycles. The van der Waals surface area contributed by atoms with Gasteiger partial charge in [0.2, 0.25) is 0 Å². The molecular weight excluding hydrogens is 358 g/mol. The average Bonchev–Trinajstić information content (AvgIpc) is 2.72. The number of hydrogen-bond donors (Lipinski definition) is 2. The lowest BCUT2D eigenvalue weighted by molar-refractivity contribution is 0.0697. The molecule has 0 aliphatic carbocycles. The number of ether oxygens (including phenoxy) is 2. The second kappa shape index (κ2) is 6.70. The van der Waals surface area contributed by atoms with Crippen molar-refractivity contribution in [2.45, 2.75) is 0 Å². The van der Waals surface area contributed by atoms with E-state index in [0.717, 1.165) is 16.3 Å². The Balaban J connectivity index is 2.01. The molecule has 4 aromatic rings. The van der Waals surface area contributed by atoms with E-state index < -0.39 is 5.97 Å². The summed E-state index contributed by atoms with van der Waals surface area (Å²) in [6, 6.07) is 12.1. The highest BCUT2D eigenvalue weighted by atomic mass is 16.5. The third kappa shape index (κ3) is 2.83. The van der Waals surface area contributed by atoms with E-state index >= 15 is 0 Å². The molecule has 140 valence electrons. The highest BCUT2D eigenvalue weighted by molar-refractivity contribution is 6.10. The number of carboxylic acid groups (broad SMARTS) is 1. The van der Waals surface area contributed by atoms with Crippen LogP contribution in [-0.4, -0.2) is 35.3 Å². The Kier molecular flexibility index (Phi) is 4.19. The molecule has 3 N–H and O–H groups in total. The van der Waals surface area contributed by atoms with E-state index in [1.165, 1.54) is 6.07 Å². The number of fused-ring (bicyclic) bond motifs is 3. The molecule has 28 heavy (non-hydrogen) atoms. The van der Waals surface area contributed by atoms with Crippen LogP contribution in [0, 0.1) is 0 Å². The van der Waals surface area contributed by atoms with Crippen LogP contribution in [0.4, 0.5) is 5.82 Å². The number of rotatable bonds is 4. The fraction of sp³-hybridized carbons (Fsp3) is 0.0952. The van der Waals surface area contributed by atoms with E-state index in [1.54, 1.807) is 44.7 Å². The Hall–Kier alpha value is -3.87. The Bertz CT molecular complexity index is 1240. The molecule has 0 unspecified atom stereocenters. The van der Waals surface area contributed by atoms with Crippen molar-refractivity contribution in [1.29, 1.82) is 0 Å². The van der Waals surface area contributed by atoms with Crippen LogP contribution < -0.4 is 15.2 Å². The largest absolute Gasteiger partial charge is 0.493 e. The van der Waals surface area contributed by atoms with Gasteiger partial charge in [-0.05, 0) is 29.7 Å². The smallest absolute Gasteiger partial charge is 0.335 e. The summed E-state index contributed by atoms with van der Waals surface area (Å²) in [7, 11) is 3.14. The lowest BCUT2D eigenvalue weighted by Crippen LogP contribution is -1.99. The van der Waals surface area contributed by atoms with E-state index in [0.29, 0.717) is 34.0 Å². The van der Waals surface area contributed by atoms with Crippen LogP contribution in [0.1, 0.15) is 10.4 Å². The Morgan fingerprint density at radius 1 is 1.00 bits per heavy atom. The van der Waals surface area contributed by atoms with Crippen LogP contribution in [0.25, 0.3) is 32.9 Å². The molecule has 7 heteroatoms. The molecule has 2 heterocycles. The number of hydrogen-bond acceptors (Lipinski definition) is 6. The molecule has 7 nitrogen and oxygen atoms in total. The van der Waals surface area contributed by atoms with Gasteiger partial charge >= 0.3 is 5.97 Å². The summed E-state index contributed by atoms with van der Waals surface area (Å²) in [5.41, 5.74) is 8.34. The number of aromatic carboxylic acids is 1. The molecule has 0 atom stereocenters. The van der Waals surface area contributed by atoms with Crippen molar-refractivity contribution in [2.75, 3.05) is 20.0 Å². The molecule has 0 aliphatic rings. The second-order valence-corrected chi connectivity index (χ2v) is 6.22. The molecule has 2 aromatic heterocycles. The number of nitrogen functional groups attached to an aromatic ring is 1. The van der Waals surface area contributed by atoms with Crippen LogP contribution in [-0.2, 0) is 0 Å². The standard InChI is InChI=1S/C21H17N3O4/c1-27-18-8-14-13-7-16(11-4-3-5-12(6-11)21(25)26)24-20(22)15(13)10-23-17(14)9-19(18)28-2/h3-10H,1-2H3,(H2,22,24)(H,25,26). The molecule has 0 radical (unpaired) electrons. The Morgan fingerprint density at radius 2 is 1.75 bits per heavy atom. The molecule has 0 spiro atoms. The zero-order valence-corrected chi connectivity index (χ0v) is 15.3. The SMILES string of the molecule is COc1cc2ncc3c(N)nc(-c4cccc(C(=O)O)c4)cc3c2cc1OC. The first-order valence-corrected chi connectivity index (χ1v) is 8.46. The normalized spacial score (nSPS) is 10.9. The fourth-order valence-electron chi connectivity index (χ4n) is 3.22. The van der Waals surface area contributed by atoms with Crippen LogP contribution in [0.3, 0.4) is 0 Å². The van der Waals surface area contributed by atoms with Gasteiger partial charge < -0.3 is 20.3 Å². The number of pyridine rings is 2. The van der Waals surface area contributed by atoms with Crippen molar-refractivity contribution in [3.05, 3.63) is 54.2 Å². The molecular formula is C21H17N3O4. The van der Waals surface area contributed by atoms with Gasteiger partial charge in [-0.25, -0.2) is 9.78 Å². The van der Waals surface area contributed by atoms with Crippen molar-refractivity contribution in [2.24, 2.45) is 0 Å². The average molecular weight is 375 g/mol. The number of aromatic nitrogens is 2. The number of carbonyl (C=O) groups is 1. The highest BCUT2D eigenvalue weighted by Gasteiger charge is 2.14. The van der Waals surface area contributed by atoms with Crippen LogP contribution >= 0.6 is 0 Å². The number of benzene rings is 2. The monoisotopic (exact) mass is 375 g/mol. The van der Waals surface area contributed by atoms with Gasteiger partial charge in [0.05, 0.1) is 31.0 Å². The van der Waals surface area contributed by atoms with E-state index in [9.17, 15) is 9.90 Å². The Labute approximate surface area is 160 Å². The number of carboxylic acids is 1. The summed E-state index contributed by atoms with van der Waals surface area (Å²) in [6.45, 7) is 0. The first kappa shape index (κ1) is 17.5. The molecule has 0 bridgehead atoms. The lowest BCUT2D eigenvalue weighted by Gasteiger charge is -2.12. The number of nitrogens with two attached hydrogens (primary N) is 1. The maximum Gasteiger partial charge on any atom is 0.335 e. The van der Waals surface area contributed by atoms with Gasteiger partial charge in [0.15, 0.2) is 11.5 Å². The third-order valence-corrected chi connectivity index (χ3v) is 4.62. The minimum atomic E-state index is -0.998. The van der Waals surface area contributed by atoms with Gasteiger partial charge in [0, 0.05) is 28.6 Å². The summed E-state index contributed by atoms with van der Waals surface area (Å²) in [5, 5.41) is 11.6. The maximum absolute atomic E-state index is 11.3. The summed E-state index contributed by atoms with van der Waals surface area (Å²) in [4.78, 5) is 20.2. The third-order valence-electron chi connectivity index (χ3n) is 4.62. The molecule has 0 aliphatic heterocycles. The minimum Gasteiger partial charge on any atom is -0.493 e. The van der Waals surface area contributed by atoms with Gasteiger partial charge in [-0.1, -0.05) is 12.1 Å². The topological polar surface area (TPSA) is 108 Å². The van der Waals surface area contributed by atoms with Crippen LogP contribution in [0.2, 0.25) is 0 Å². The summed E-state index contributed by atoms with van der Waals surface area (Å²) >= 11 is 0. The van der Waals surface area contributed by atoms with Crippen LogP contribution in [0.15, 0.2) is 48.7 Å². The van der Waals surface area contributed by atoms with Gasteiger partial charge in [-0.3, -0.25) is 4.98 Å². The molecule has 0 saturated heterocycles. The molecule has 0 fully saturated rings. The summed E-state index contributed by atoms with van der Waals surface area (Å²) < 4.78 is 10.8. The van der Waals surface area contributed by atoms with Gasteiger partial charge in [0.25, 0.3) is 0 Å². The van der Waals surface area contributed by atoms with Gasteiger partial charge in [-0.15, -0.1) is 0 Å². The zero-order chi connectivity index (χ0) is 19.8. The second-order valence-electron chi connectivity index (χ2n) is 6.22. The molecule has 4 rings (SSSR count). The van der Waals surface area contributed by atoms with Crippen LogP contribution in [0.5, 0.6) is 11.5 Å². The van der Waals surface area contributed by atoms with E-state index in [2.05, 4.69) is 9.97 Å². The van der Waals surface area contributed by atoms with Crippen molar-refractivity contribution >= 4 is 33.5 Å². The van der Waals surface area contributed by atoms with E-state index in [4.69, 9.17) is 15.2 Å². The number of nitrogens with zero attached hydrogens (tertiary/aromatic N) is 2. The van der Waals surface area contributed by atoms with Crippen molar-refractivity contribution in [1.82, 2.24) is 9.97 Å². The molecule has 0 amide bonds. The predicted octanol–water partition coefficient (Wildman–Crippen LogP) is 3.75. The minimum absolute atomic E-state index is 0.184. The number of anilines is 1. The predicted molar refractivity (Wildman–Crippen MR) is 107 cm³/mol. The van der Waals surface area contributed by atoms with Crippen molar-refractivity contribution in [3.8, 4) is 22.8 Å². The zero-order valence-electron chi connectivity index (χ0n) is 15.3. The molecule has 0 saturated carbocycles. The Morgan fingerprint density at radius 3 is 2.46 bits per heavy atom. The summed E-state index contributed by atoms with van der Waals surface area (Å²) in [5.74, 6) is 0.479.